The van der Waals surface area contributed by atoms with Crippen molar-refractivity contribution in [2.24, 2.45) is 0 Å². The highest BCUT2D eigenvalue weighted by Gasteiger charge is 2.25. The lowest BCUT2D eigenvalue weighted by Crippen LogP contribution is -2.35. The number of nitrogens with zero attached hydrogens (tertiary/aromatic N) is 2. The molecular formula is C20H26N2O2S. The van der Waals surface area contributed by atoms with Crippen molar-refractivity contribution in [3.63, 3.8) is 0 Å². The SMILES string of the molecule is CC(C)c1ccc(-c2csc(N(CCC(=O)O)C3CCCC3)n2)cc1. The summed E-state index contributed by atoms with van der Waals surface area (Å²) in [5, 5.41) is 12.1. The third-order valence-corrected chi connectivity index (χ3v) is 5.82. The predicted molar refractivity (Wildman–Crippen MR) is 103 cm³/mol. The lowest BCUT2D eigenvalue weighted by atomic mass is 10.0. The fourth-order valence-electron chi connectivity index (χ4n) is 3.43. The molecule has 1 aromatic carbocycles. The van der Waals surface area contributed by atoms with Crippen LogP contribution in [0.4, 0.5) is 5.13 Å². The summed E-state index contributed by atoms with van der Waals surface area (Å²) >= 11 is 1.62. The summed E-state index contributed by atoms with van der Waals surface area (Å²) in [6, 6.07) is 9.02. The van der Waals surface area contributed by atoms with Crippen LogP contribution < -0.4 is 4.90 Å². The van der Waals surface area contributed by atoms with E-state index in [-0.39, 0.29) is 6.42 Å². The molecule has 1 aliphatic carbocycles. The predicted octanol–water partition coefficient (Wildman–Crippen LogP) is 5.16. The van der Waals surface area contributed by atoms with E-state index in [0.29, 0.717) is 18.5 Å². The Hall–Kier alpha value is -1.88. The van der Waals surface area contributed by atoms with Crippen molar-refractivity contribution in [1.82, 2.24) is 4.98 Å². The molecule has 0 atom stereocenters. The van der Waals surface area contributed by atoms with Crippen LogP contribution in [0.1, 0.15) is 57.4 Å². The van der Waals surface area contributed by atoms with E-state index < -0.39 is 5.97 Å². The second-order valence-electron chi connectivity index (χ2n) is 7.07. The summed E-state index contributed by atoms with van der Waals surface area (Å²) in [4.78, 5) is 18.1. The van der Waals surface area contributed by atoms with Crippen LogP contribution in [0.15, 0.2) is 29.6 Å². The third kappa shape index (κ3) is 4.40. The summed E-state index contributed by atoms with van der Waals surface area (Å²) in [7, 11) is 0. The summed E-state index contributed by atoms with van der Waals surface area (Å²) in [5.41, 5.74) is 3.43. The molecule has 25 heavy (non-hydrogen) atoms. The molecule has 2 aromatic rings. The van der Waals surface area contributed by atoms with Gasteiger partial charge in [0.15, 0.2) is 5.13 Å². The Kier molecular flexibility index (Phi) is 5.74. The van der Waals surface area contributed by atoms with E-state index in [4.69, 9.17) is 10.1 Å². The van der Waals surface area contributed by atoms with E-state index in [9.17, 15) is 4.79 Å². The molecule has 5 heteroatoms. The van der Waals surface area contributed by atoms with E-state index in [1.807, 2.05) is 0 Å². The summed E-state index contributed by atoms with van der Waals surface area (Å²) < 4.78 is 0. The second-order valence-corrected chi connectivity index (χ2v) is 7.90. The van der Waals surface area contributed by atoms with Crippen LogP contribution in [-0.4, -0.2) is 28.6 Å². The summed E-state index contributed by atoms with van der Waals surface area (Å²) in [5.74, 6) is -0.224. The molecule has 1 saturated carbocycles. The molecule has 0 radical (unpaired) electrons. The fourth-order valence-corrected chi connectivity index (χ4v) is 4.37. The first-order valence-corrected chi connectivity index (χ1v) is 9.97. The van der Waals surface area contributed by atoms with Gasteiger partial charge in [0.1, 0.15) is 0 Å². The number of carboxylic acids is 1. The highest BCUT2D eigenvalue weighted by Crippen LogP contribution is 2.33. The Morgan fingerprint density at radius 2 is 1.96 bits per heavy atom. The van der Waals surface area contributed by atoms with Crippen LogP contribution in [-0.2, 0) is 4.79 Å². The van der Waals surface area contributed by atoms with Gasteiger partial charge in [-0.05, 0) is 24.3 Å². The van der Waals surface area contributed by atoms with Crippen molar-refractivity contribution >= 4 is 22.4 Å². The average Bonchev–Trinajstić information content (AvgIpc) is 3.27. The number of benzene rings is 1. The van der Waals surface area contributed by atoms with Crippen LogP contribution in [0.2, 0.25) is 0 Å². The molecule has 0 unspecified atom stereocenters. The highest BCUT2D eigenvalue weighted by molar-refractivity contribution is 7.14. The average molecular weight is 359 g/mol. The Morgan fingerprint density at radius 1 is 1.28 bits per heavy atom. The first-order valence-electron chi connectivity index (χ1n) is 9.09. The van der Waals surface area contributed by atoms with Gasteiger partial charge in [-0.3, -0.25) is 4.79 Å². The molecule has 0 bridgehead atoms. The van der Waals surface area contributed by atoms with E-state index in [2.05, 4.69) is 48.4 Å². The summed E-state index contributed by atoms with van der Waals surface area (Å²) in [6.07, 6.45) is 4.88. The lowest BCUT2D eigenvalue weighted by Gasteiger charge is -2.28. The maximum Gasteiger partial charge on any atom is 0.305 e. The smallest absolute Gasteiger partial charge is 0.305 e. The molecule has 1 aromatic heterocycles. The van der Waals surface area contributed by atoms with Crippen LogP contribution in [0.25, 0.3) is 11.3 Å². The van der Waals surface area contributed by atoms with Crippen LogP contribution in [0, 0.1) is 0 Å². The minimum absolute atomic E-state index is 0.161. The first kappa shape index (κ1) is 17.9. The first-order chi connectivity index (χ1) is 12.0. The number of thiazole rings is 1. The molecule has 1 N–H and O–H groups in total. The monoisotopic (exact) mass is 358 g/mol. The Balaban J connectivity index is 1.79. The van der Waals surface area contributed by atoms with Crippen LogP contribution in [0.3, 0.4) is 0 Å². The molecule has 0 aliphatic heterocycles. The largest absolute Gasteiger partial charge is 0.481 e. The van der Waals surface area contributed by atoms with Gasteiger partial charge in [0.2, 0.25) is 0 Å². The molecule has 0 saturated heterocycles. The maximum absolute atomic E-state index is 11.0. The van der Waals surface area contributed by atoms with Gasteiger partial charge in [0.05, 0.1) is 12.1 Å². The van der Waals surface area contributed by atoms with E-state index >= 15 is 0 Å². The number of rotatable bonds is 7. The Bertz CT molecular complexity index is 703. The van der Waals surface area contributed by atoms with Gasteiger partial charge in [0, 0.05) is 23.5 Å². The number of carbonyl (C=O) groups is 1. The maximum atomic E-state index is 11.0. The van der Waals surface area contributed by atoms with Crippen LogP contribution >= 0.6 is 11.3 Å². The van der Waals surface area contributed by atoms with E-state index in [1.165, 1.54) is 18.4 Å². The Labute approximate surface area is 153 Å². The topological polar surface area (TPSA) is 53.4 Å². The number of hydrogen-bond acceptors (Lipinski definition) is 4. The van der Waals surface area contributed by atoms with Gasteiger partial charge in [-0.15, -0.1) is 11.3 Å². The molecule has 1 aliphatic rings. The van der Waals surface area contributed by atoms with Crippen molar-refractivity contribution in [1.29, 1.82) is 0 Å². The van der Waals surface area contributed by atoms with Gasteiger partial charge < -0.3 is 10.0 Å². The quantitative estimate of drug-likeness (QED) is 0.743. The minimum Gasteiger partial charge on any atom is -0.481 e. The van der Waals surface area contributed by atoms with E-state index in [0.717, 1.165) is 29.2 Å². The van der Waals surface area contributed by atoms with Crippen molar-refractivity contribution in [3.8, 4) is 11.3 Å². The molecule has 4 nitrogen and oxygen atoms in total. The number of hydrogen-bond donors (Lipinski definition) is 1. The normalized spacial score (nSPS) is 15.0. The van der Waals surface area contributed by atoms with Crippen molar-refractivity contribution < 1.29 is 9.90 Å². The molecule has 3 rings (SSSR count). The van der Waals surface area contributed by atoms with Crippen molar-refractivity contribution in [3.05, 3.63) is 35.2 Å². The summed E-state index contributed by atoms with van der Waals surface area (Å²) in [6.45, 7) is 4.93. The zero-order chi connectivity index (χ0) is 17.8. The second kappa shape index (κ2) is 8.00. The number of aromatic nitrogens is 1. The third-order valence-electron chi connectivity index (χ3n) is 4.94. The highest BCUT2D eigenvalue weighted by atomic mass is 32.1. The minimum atomic E-state index is -0.746. The standard InChI is InChI=1S/C20H26N2O2S/c1-14(2)15-7-9-16(10-8-15)18-13-25-20(21-18)22(12-11-19(23)24)17-5-3-4-6-17/h7-10,13-14,17H,3-6,11-12H2,1-2H3,(H,23,24). The molecule has 1 heterocycles. The van der Waals surface area contributed by atoms with E-state index in [1.54, 1.807) is 11.3 Å². The van der Waals surface area contributed by atoms with Gasteiger partial charge in [-0.25, -0.2) is 4.98 Å². The fraction of sp³-hybridized carbons (Fsp3) is 0.500. The van der Waals surface area contributed by atoms with Crippen LogP contribution in [0.5, 0.6) is 0 Å². The number of anilines is 1. The zero-order valence-corrected chi connectivity index (χ0v) is 15.8. The van der Waals surface area contributed by atoms with Crippen molar-refractivity contribution in [2.75, 3.05) is 11.4 Å². The van der Waals surface area contributed by atoms with Gasteiger partial charge in [0.25, 0.3) is 0 Å². The molecule has 0 spiro atoms. The number of carboxylic acid groups (broad SMARTS) is 1. The number of aliphatic carboxylic acids is 1. The van der Waals surface area contributed by atoms with Gasteiger partial charge in [-0.1, -0.05) is 51.0 Å². The molecule has 134 valence electrons. The molecule has 0 amide bonds. The molecule has 1 fully saturated rings. The Morgan fingerprint density at radius 3 is 2.56 bits per heavy atom. The molecular weight excluding hydrogens is 332 g/mol. The lowest BCUT2D eigenvalue weighted by molar-refractivity contribution is -0.136. The van der Waals surface area contributed by atoms with Gasteiger partial charge >= 0.3 is 5.97 Å². The van der Waals surface area contributed by atoms with Gasteiger partial charge in [-0.2, -0.15) is 0 Å². The zero-order valence-electron chi connectivity index (χ0n) is 14.9. The van der Waals surface area contributed by atoms with Crippen molar-refractivity contribution in [2.45, 2.75) is 57.9 Å².